The Bertz CT molecular complexity index is 887. The summed E-state index contributed by atoms with van der Waals surface area (Å²) in [4.78, 5) is 19.3. The monoisotopic (exact) mass is 552 g/mol. The Balaban J connectivity index is 0.00000272. The number of nitrogens with zero attached hydrogens (tertiary/aromatic N) is 2. The number of aliphatic imine (C=N–C) groups is 1. The number of amides is 1. The van der Waals surface area contributed by atoms with Crippen LogP contribution in [0.3, 0.4) is 0 Å². The standard InChI is InChI=1S/C24H32N4OS.HI/c1-25-24(26-17-20-7-4-6-18-5-2-3-8-22(18)20)27-21-11-9-19(10-12-21)23(29)28-13-15-30-16-14-28;/h2-8,19,21H,9-17H2,1H3,(H2,25,26,27);1H. The average molecular weight is 553 g/mol. The third kappa shape index (κ3) is 6.28. The number of nitrogens with one attached hydrogen (secondary N) is 2. The Kier molecular flexibility index (Phi) is 9.31. The van der Waals surface area contributed by atoms with Gasteiger partial charge in [0.05, 0.1) is 0 Å². The van der Waals surface area contributed by atoms with Crippen LogP contribution in [0.1, 0.15) is 31.2 Å². The van der Waals surface area contributed by atoms with E-state index in [0.717, 1.165) is 62.8 Å². The molecule has 2 fully saturated rings. The van der Waals surface area contributed by atoms with Gasteiger partial charge in [-0.05, 0) is 42.0 Å². The van der Waals surface area contributed by atoms with Crippen LogP contribution in [0.5, 0.6) is 0 Å². The van der Waals surface area contributed by atoms with Crippen molar-refractivity contribution < 1.29 is 4.79 Å². The predicted molar refractivity (Wildman–Crippen MR) is 142 cm³/mol. The van der Waals surface area contributed by atoms with Gasteiger partial charge in [-0.1, -0.05) is 42.5 Å². The number of halogens is 1. The van der Waals surface area contributed by atoms with Crippen molar-refractivity contribution >= 4 is 58.4 Å². The summed E-state index contributed by atoms with van der Waals surface area (Å²) in [6, 6.07) is 15.3. The Hall–Kier alpha value is -1.48. The highest BCUT2D eigenvalue weighted by Crippen LogP contribution is 2.27. The van der Waals surface area contributed by atoms with Gasteiger partial charge in [-0.3, -0.25) is 9.79 Å². The molecule has 1 saturated carbocycles. The molecule has 0 atom stereocenters. The number of fused-ring (bicyclic) bond motifs is 1. The van der Waals surface area contributed by atoms with Crippen LogP contribution >= 0.6 is 35.7 Å². The van der Waals surface area contributed by atoms with E-state index < -0.39 is 0 Å². The summed E-state index contributed by atoms with van der Waals surface area (Å²) in [7, 11) is 1.82. The van der Waals surface area contributed by atoms with E-state index in [0.29, 0.717) is 11.9 Å². The fourth-order valence-corrected chi connectivity index (χ4v) is 5.44. The number of hydrogen-bond acceptors (Lipinski definition) is 3. The molecule has 2 aromatic rings. The third-order valence-electron chi connectivity index (χ3n) is 6.29. The van der Waals surface area contributed by atoms with Gasteiger partial charge in [-0.25, -0.2) is 0 Å². The molecule has 168 valence electrons. The van der Waals surface area contributed by atoms with E-state index in [1.807, 2.05) is 18.8 Å². The van der Waals surface area contributed by atoms with Crippen LogP contribution in [0.15, 0.2) is 47.5 Å². The molecular weight excluding hydrogens is 519 g/mol. The lowest BCUT2D eigenvalue weighted by molar-refractivity contribution is -0.136. The summed E-state index contributed by atoms with van der Waals surface area (Å²) in [5.74, 6) is 3.60. The van der Waals surface area contributed by atoms with Gasteiger partial charge in [0, 0.05) is 50.1 Å². The second kappa shape index (κ2) is 11.9. The highest BCUT2D eigenvalue weighted by atomic mass is 127. The lowest BCUT2D eigenvalue weighted by Gasteiger charge is -2.34. The Labute approximate surface area is 206 Å². The molecule has 0 unspecified atom stereocenters. The van der Waals surface area contributed by atoms with Crippen LogP contribution in [-0.2, 0) is 11.3 Å². The van der Waals surface area contributed by atoms with Crippen LogP contribution in [0, 0.1) is 5.92 Å². The minimum Gasteiger partial charge on any atom is -0.354 e. The molecule has 0 spiro atoms. The number of thioether (sulfide) groups is 1. The average Bonchev–Trinajstić information content (AvgIpc) is 2.82. The second-order valence-corrected chi connectivity index (χ2v) is 9.42. The van der Waals surface area contributed by atoms with Gasteiger partial charge >= 0.3 is 0 Å². The SMILES string of the molecule is CN=C(NCc1cccc2ccccc12)NC1CCC(C(=O)N2CCSCC2)CC1.I. The first-order valence-electron chi connectivity index (χ1n) is 11.0. The first-order chi connectivity index (χ1) is 14.7. The molecule has 0 radical (unpaired) electrons. The van der Waals surface area contributed by atoms with Gasteiger partial charge in [0.1, 0.15) is 0 Å². The van der Waals surface area contributed by atoms with Crippen LogP contribution in [0.2, 0.25) is 0 Å². The van der Waals surface area contributed by atoms with E-state index in [1.54, 1.807) is 0 Å². The van der Waals surface area contributed by atoms with Gasteiger partial charge in [0.2, 0.25) is 5.91 Å². The lowest BCUT2D eigenvalue weighted by Crippen LogP contribution is -2.47. The molecule has 1 aliphatic carbocycles. The maximum Gasteiger partial charge on any atom is 0.225 e. The van der Waals surface area contributed by atoms with Gasteiger partial charge in [-0.2, -0.15) is 11.8 Å². The second-order valence-electron chi connectivity index (χ2n) is 8.19. The summed E-state index contributed by atoms with van der Waals surface area (Å²) >= 11 is 1.95. The van der Waals surface area contributed by atoms with Gasteiger partial charge in [0.15, 0.2) is 5.96 Å². The zero-order valence-corrected chi connectivity index (χ0v) is 21.3. The van der Waals surface area contributed by atoms with Crippen molar-refractivity contribution in [2.24, 2.45) is 10.9 Å². The molecule has 7 heteroatoms. The van der Waals surface area contributed by atoms with Crippen molar-refractivity contribution in [3.8, 4) is 0 Å². The number of benzene rings is 2. The molecule has 1 aliphatic heterocycles. The van der Waals surface area contributed by atoms with Crippen molar-refractivity contribution in [2.75, 3.05) is 31.6 Å². The summed E-state index contributed by atoms with van der Waals surface area (Å²) < 4.78 is 0. The highest BCUT2D eigenvalue weighted by molar-refractivity contribution is 14.0. The summed E-state index contributed by atoms with van der Waals surface area (Å²) in [6.07, 6.45) is 3.99. The van der Waals surface area contributed by atoms with E-state index in [2.05, 4.69) is 63.0 Å². The predicted octanol–water partition coefficient (Wildman–Crippen LogP) is 4.26. The van der Waals surface area contributed by atoms with Crippen LogP contribution in [0.4, 0.5) is 0 Å². The molecule has 2 N–H and O–H groups in total. The maximum absolute atomic E-state index is 12.8. The number of guanidine groups is 1. The summed E-state index contributed by atoms with van der Waals surface area (Å²) in [5, 5.41) is 9.58. The van der Waals surface area contributed by atoms with E-state index in [-0.39, 0.29) is 29.9 Å². The zero-order valence-electron chi connectivity index (χ0n) is 18.2. The van der Waals surface area contributed by atoms with E-state index in [4.69, 9.17) is 0 Å². The van der Waals surface area contributed by atoms with Crippen LogP contribution < -0.4 is 10.6 Å². The Morgan fingerprint density at radius 1 is 1.06 bits per heavy atom. The number of hydrogen-bond donors (Lipinski definition) is 2. The molecule has 1 saturated heterocycles. The molecule has 31 heavy (non-hydrogen) atoms. The van der Waals surface area contributed by atoms with E-state index >= 15 is 0 Å². The molecule has 5 nitrogen and oxygen atoms in total. The largest absolute Gasteiger partial charge is 0.354 e. The zero-order chi connectivity index (χ0) is 20.8. The topological polar surface area (TPSA) is 56.7 Å². The third-order valence-corrected chi connectivity index (χ3v) is 7.23. The molecule has 0 bridgehead atoms. The van der Waals surface area contributed by atoms with Gasteiger partial charge in [0.25, 0.3) is 0 Å². The fraction of sp³-hybridized carbons (Fsp3) is 0.500. The Morgan fingerprint density at radius 3 is 2.52 bits per heavy atom. The minimum absolute atomic E-state index is 0. The molecule has 2 aromatic carbocycles. The van der Waals surface area contributed by atoms with Crippen molar-refractivity contribution in [1.29, 1.82) is 0 Å². The van der Waals surface area contributed by atoms with Gasteiger partial charge < -0.3 is 15.5 Å². The Morgan fingerprint density at radius 2 is 1.77 bits per heavy atom. The summed E-state index contributed by atoms with van der Waals surface area (Å²) in [6.45, 7) is 2.58. The van der Waals surface area contributed by atoms with Gasteiger partial charge in [-0.15, -0.1) is 24.0 Å². The van der Waals surface area contributed by atoms with E-state index in [9.17, 15) is 4.79 Å². The maximum atomic E-state index is 12.8. The molecule has 2 aliphatic rings. The molecule has 4 rings (SSSR count). The number of carbonyl (C=O) groups excluding carboxylic acids is 1. The highest BCUT2D eigenvalue weighted by Gasteiger charge is 2.30. The van der Waals surface area contributed by atoms with Crippen molar-refractivity contribution in [3.05, 3.63) is 48.0 Å². The number of carbonyl (C=O) groups is 1. The first-order valence-corrected chi connectivity index (χ1v) is 12.2. The molecular formula is C24H33IN4OS. The van der Waals surface area contributed by atoms with Crippen molar-refractivity contribution in [3.63, 3.8) is 0 Å². The lowest BCUT2D eigenvalue weighted by atomic mass is 9.85. The van der Waals surface area contributed by atoms with Crippen LogP contribution in [-0.4, -0.2) is 54.5 Å². The molecule has 0 aromatic heterocycles. The molecule has 1 heterocycles. The number of rotatable bonds is 4. The van der Waals surface area contributed by atoms with Crippen molar-refractivity contribution in [2.45, 2.75) is 38.3 Å². The normalized spacial score (nSPS) is 22.0. The first kappa shape index (κ1) is 24.2. The fourth-order valence-electron chi connectivity index (χ4n) is 4.54. The quantitative estimate of drug-likeness (QED) is 0.338. The van der Waals surface area contributed by atoms with E-state index in [1.165, 1.54) is 16.3 Å². The summed E-state index contributed by atoms with van der Waals surface area (Å²) in [5.41, 5.74) is 1.27. The van der Waals surface area contributed by atoms with Crippen molar-refractivity contribution in [1.82, 2.24) is 15.5 Å². The smallest absolute Gasteiger partial charge is 0.225 e. The minimum atomic E-state index is 0. The van der Waals surface area contributed by atoms with Crippen LogP contribution in [0.25, 0.3) is 10.8 Å². The molecule has 1 amide bonds.